The molecule has 1 aromatic carbocycles. The summed E-state index contributed by atoms with van der Waals surface area (Å²) in [4.78, 5) is 4.55. The Balaban J connectivity index is 1.98. The summed E-state index contributed by atoms with van der Waals surface area (Å²) in [5.41, 5.74) is 4.55. The van der Waals surface area contributed by atoms with Gasteiger partial charge in [-0.25, -0.2) is 9.50 Å². The standard InChI is InChI=1S/C15H15N3/c1-11-5-3-7-13(9-11)10-14-16-15-8-4-6-12(2)18(15)17-14/h3-9H,10H2,1-2H3. The first kappa shape index (κ1) is 11.0. The summed E-state index contributed by atoms with van der Waals surface area (Å²) in [5.74, 6) is 0.870. The van der Waals surface area contributed by atoms with E-state index in [2.05, 4.69) is 41.3 Å². The van der Waals surface area contributed by atoms with E-state index >= 15 is 0 Å². The lowest BCUT2D eigenvalue weighted by molar-refractivity contribution is 0.870. The molecule has 3 aromatic rings. The van der Waals surface area contributed by atoms with E-state index in [0.29, 0.717) is 0 Å². The van der Waals surface area contributed by atoms with Gasteiger partial charge < -0.3 is 0 Å². The maximum absolute atomic E-state index is 4.55. The Labute approximate surface area is 106 Å². The van der Waals surface area contributed by atoms with E-state index in [0.717, 1.165) is 23.6 Å². The Hall–Kier alpha value is -2.16. The summed E-state index contributed by atoms with van der Waals surface area (Å²) >= 11 is 0. The van der Waals surface area contributed by atoms with Crippen molar-refractivity contribution in [3.8, 4) is 0 Å². The number of aromatic nitrogens is 3. The zero-order chi connectivity index (χ0) is 12.5. The highest BCUT2D eigenvalue weighted by atomic mass is 15.3. The van der Waals surface area contributed by atoms with Crippen LogP contribution in [0, 0.1) is 13.8 Å². The van der Waals surface area contributed by atoms with Crippen LogP contribution in [-0.2, 0) is 6.42 Å². The maximum Gasteiger partial charge on any atom is 0.156 e. The van der Waals surface area contributed by atoms with Gasteiger partial charge in [-0.05, 0) is 31.5 Å². The van der Waals surface area contributed by atoms with Gasteiger partial charge in [-0.2, -0.15) is 5.10 Å². The van der Waals surface area contributed by atoms with Crippen molar-refractivity contribution in [3.63, 3.8) is 0 Å². The Morgan fingerprint density at radius 2 is 1.89 bits per heavy atom. The van der Waals surface area contributed by atoms with Gasteiger partial charge in [0.2, 0.25) is 0 Å². The molecular formula is C15H15N3. The van der Waals surface area contributed by atoms with E-state index in [-0.39, 0.29) is 0 Å². The third-order valence-electron chi connectivity index (χ3n) is 3.04. The van der Waals surface area contributed by atoms with Crippen LogP contribution in [0.2, 0.25) is 0 Å². The van der Waals surface area contributed by atoms with Crippen molar-refractivity contribution in [2.24, 2.45) is 0 Å². The predicted molar refractivity (Wildman–Crippen MR) is 71.7 cm³/mol. The molecule has 2 aromatic heterocycles. The fraction of sp³-hybridized carbons (Fsp3) is 0.200. The molecule has 18 heavy (non-hydrogen) atoms. The molecule has 0 atom stereocenters. The first-order valence-corrected chi connectivity index (χ1v) is 6.09. The normalized spacial score (nSPS) is 11.0. The van der Waals surface area contributed by atoms with Crippen molar-refractivity contribution < 1.29 is 0 Å². The summed E-state index contributed by atoms with van der Waals surface area (Å²) in [6, 6.07) is 14.5. The quantitative estimate of drug-likeness (QED) is 0.686. The van der Waals surface area contributed by atoms with Crippen molar-refractivity contribution >= 4 is 5.65 Å². The molecule has 0 radical (unpaired) electrons. The number of fused-ring (bicyclic) bond motifs is 1. The van der Waals surface area contributed by atoms with Gasteiger partial charge in [0.25, 0.3) is 0 Å². The van der Waals surface area contributed by atoms with Crippen LogP contribution in [0.1, 0.15) is 22.6 Å². The Kier molecular flexibility index (Phi) is 2.59. The molecule has 0 saturated carbocycles. The second-order valence-electron chi connectivity index (χ2n) is 4.63. The molecule has 0 spiro atoms. The van der Waals surface area contributed by atoms with E-state index in [4.69, 9.17) is 0 Å². The highest BCUT2D eigenvalue weighted by Gasteiger charge is 2.05. The van der Waals surface area contributed by atoms with E-state index in [1.54, 1.807) is 0 Å². The number of nitrogens with zero attached hydrogens (tertiary/aromatic N) is 3. The lowest BCUT2D eigenvalue weighted by Crippen LogP contribution is -1.94. The third-order valence-corrected chi connectivity index (χ3v) is 3.04. The van der Waals surface area contributed by atoms with E-state index < -0.39 is 0 Å². The zero-order valence-corrected chi connectivity index (χ0v) is 10.6. The molecule has 0 aliphatic carbocycles. The van der Waals surface area contributed by atoms with Crippen LogP contribution in [0.25, 0.3) is 5.65 Å². The summed E-state index contributed by atoms with van der Waals surface area (Å²) in [6.45, 7) is 4.14. The van der Waals surface area contributed by atoms with Gasteiger partial charge in [-0.15, -0.1) is 0 Å². The SMILES string of the molecule is Cc1cccc(Cc2nc3cccc(C)n3n2)c1. The van der Waals surface area contributed by atoms with Gasteiger partial charge in [0.05, 0.1) is 0 Å². The lowest BCUT2D eigenvalue weighted by atomic mass is 10.1. The number of hydrogen-bond acceptors (Lipinski definition) is 2. The van der Waals surface area contributed by atoms with E-state index in [1.807, 2.05) is 29.6 Å². The minimum atomic E-state index is 0.781. The number of benzene rings is 1. The van der Waals surface area contributed by atoms with Crippen molar-refractivity contribution in [1.82, 2.24) is 14.6 Å². The molecule has 3 heteroatoms. The minimum absolute atomic E-state index is 0.781. The molecule has 0 N–H and O–H groups in total. The molecule has 0 saturated heterocycles. The van der Waals surface area contributed by atoms with Crippen LogP contribution in [0.5, 0.6) is 0 Å². The molecule has 3 rings (SSSR count). The second kappa shape index (κ2) is 4.26. The Morgan fingerprint density at radius 3 is 2.67 bits per heavy atom. The number of hydrogen-bond donors (Lipinski definition) is 0. The van der Waals surface area contributed by atoms with Crippen LogP contribution in [-0.4, -0.2) is 14.6 Å². The molecular weight excluding hydrogens is 222 g/mol. The average molecular weight is 237 g/mol. The zero-order valence-electron chi connectivity index (χ0n) is 10.6. The lowest BCUT2D eigenvalue weighted by Gasteiger charge is -1.98. The topological polar surface area (TPSA) is 30.2 Å². The molecule has 0 aliphatic rings. The fourth-order valence-corrected chi connectivity index (χ4v) is 2.16. The Bertz CT molecular complexity index is 698. The van der Waals surface area contributed by atoms with Crippen molar-refractivity contribution in [3.05, 3.63) is 65.1 Å². The first-order chi connectivity index (χ1) is 8.72. The molecule has 2 heterocycles. The summed E-state index contributed by atoms with van der Waals surface area (Å²) in [5, 5.41) is 4.54. The summed E-state index contributed by atoms with van der Waals surface area (Å²) < 4.78 is 1.89. The molecule has 0 unspecified atom stereocenters. The molecule has 0 bridgehead atoms. The van der Waals surface area contributed by atoms with Gasteiger partial charge in [-0.1, -0.05) is 35.9 Å². The van der Waals surface area contributed by atoms with Crippen LogP contribution < -0.4 is 0 Å². The number of rotatable bonds is 2. The number of aryl methyl sites for hydroxylation is 2. The summed E-state index contributed by atoms with van der Waals surface area (Å²) in [6.07, 6.45) is 0.781. The van der Waals surface area contributed by atoms with Crippen molar-refractivity contribution in [2.45, 2.75) is 20.3 Å². The molecule has 0 aliphatic heterocycles. The van der Waals surface area contributed by atoms with Crippen molar-refractivity contribution in [2.75, 3.05) is 0 Å². The van der Waals surface area contributed by atoms with Gasteiger partial charge in [0.15, 0.2) is 11.5 Å². The number of pyridine rings is 1. The van der Waals surface area contributed by atoms with Crippen LogP contribution in [0.4, 0.5) is 0 Å². The Morgan fingerprint density at radius 1 is 1.06 bits per heavy atom. The van der Waals surface area contributed by atoms with Crippen molar-refractivity contribution in [1.29, 1.82) is 0 Å². The van der Waals surface area contributed by atoms with Gasteiger partial charge in [0.1, 0.15) is 0 Å². The van der Waals surface area contributed by atoms with Gasteiger partial charge in [-0.3, -0.25) is 0 Å². The monoisotopic (exact) mass is 237 g/mol. The van der Waals surface area contributed by atoms with Crippen LogP contribution in [0.3, 0.4) is 0 Å². The third kappa shape index (κ3) is 1.99. The highest BCUT2D eigenvalue weighted by Crippen LogP contribution is 2.11. The molecule has 0 amide bonds. The minimum Gasteiger partial charge on any atom is -0.218 e. The second-order valence-corrected chi connectivity index (χ2v) is 4.63. The average Bonchev–Trinajstić information content (AvgIpc) is 2.73. The van der Waals surface area contributed by atoms with Gasteiger partial charge >= 0.3 is 0 Å². The summed E-state index contributed by atoms with van der Waals surface area (Å²) in [7, 11) is 0. The van der Waals surface area contributed by atoms with E-state index in [1.165, 1.54) is 11.1 Å². The highest BCUT2D eigenvalue weighted by molar-refractivity contribution is 5.39. The first-order valence-electron chi connectivity index (χ1n) is 6.09. The van der Waals surface area contributed by atoms with E-state index in [9.17, 15) is 0 Å². The van der Waals surface area contributed by atoms with Gasteiger partial charge in [0, 0.05) is 12.1 Å². The fourth-order valence-electron chi connectivity index (χ4n) is 2.16. The molecule has 3 nitrogen and oxygen atoms in total. The molecule has 90 valence electrons. The predicted octanol–water partition coefficient (Wildman–Crippen LogP) is 2.94. The largest absolute Gasteiger partial charge is 0.218 e. The molecule has 0 fully saturated rings. The van der Waals surface area contributed by atoms with Crippen LogP contribution in [0.15, 0.2) is 42.5 Å². The smallest absolute Gasteiger partial charge is 0.156 e. The maximum atomic E-state index is 4.55. The van der Waals surface area contributed by atoms with Crippen LogP contribution >= 0.6 is 0 Å².